The minimum absolute atomic E-state index is 0.0394. The summed E-state index contributed by atoms with van der Waals surface area (Å²) in [4.78, 5) is 12.1. The Balaban J connectivity index is 2.20. The summed E-state index contributed by atoms with van der Waals surface area (Å²) in [6.07, 6.45) is 0.447. The predicted molar refractivity (Wildman–Crippen MR) is 47.8 cm³/mol. The average Bonchev–Trinajstić information content (AvgIpc) is 2.58. The van der Waals surface area contributed by atoms with Gasteiger partial charge in [0.15, 0.2) is 0 Å². The minimum atomic E-state index is -0.0591. The molecule has 64 valence electrons. The third-order valence-electron chi connectivity index (χ3n) is 2.02. The maximum atomic E-state index is 11.0. The zero-order valence-corrected chi connectivity index (χ0v) is 7.30. The fourth-order valence-electron chi connectivity index (χ4n) is 1.42. The number of nitrogens with two attached hydrogens (primary N) is 1. The van der Waals surface area contributed by atoms with E-state index in [0.29, 0.717) is 6.42 Å². The normalized spacial score (nSPS) is 28.9. The molecule has 0 spiro atoms. The first-order chi connectivity index (χ1) is 5.77. The van der Waals surface area contributed by atoms with Crippen LogP contribution in [0.15, 0.2) is 17.5 Å². The van der Waals surface area contributed by atoms with E-state index in [9.17, 15) is 4.79 Å². The van der Waals surface area contributed by atoms with Crippen LogP contribution in [-0.2, 0) is 4.79 Å². The third-order valence-corrected chi connectivity index (χ3v) is 2.97. The van der Waals surface area contributed by atoms with Crippen molar-refractivity contribution in [2.45, 2.75) is 18.5 Å². The van der Waals surface area contributed by atoms with Crippen molar-refractivity contribution in [3.8, 4) is 0 Å². The maximum absolute atomic E-state index is 11.0. The van der Waals surface area contributed by atoms with Gasteiger partial charge in [-0.2, -0.15) is 0 Å². The molecule has 2 rings (SSSR count). The molecule has 1 aliphatic rings. The van der Waals surface area contributed by atoms with Crippen molar-refractivity contribution in [2.75, 3.05) is 0 Å². The molecule has 1 aliphatic heterocycles. The van der Waals surface area contributed by atoms with E-state index in [4.69, 9.17) is 5.73 Å². The average molecular weight is 182 g/mol. The van der Waals surface area contributed by atoms with Crippen LogP contribution in [0.4, 0.5) is 0 Å². The van der Waals surface area contributed by atoms with Gasteiger partial charge < -0.3 is 11.1 Å². The number of hydrogen-bond acceptors (Lipinski definition) is 3. The summed E-state index contributed by atoms with van der Waals surface area (Å²) < 4.78 is 0. The Morgan fingerprint density at radius 1 is 1.67 bits per heavy atom. The van der Waals surface area contributed by atoms with Crippen molar-refractivity contribution >= 4 is 17.2 Å². The first-order valence-electron chi connectivity index (χ1n) is 3.86. The van der Waals surface area contributed by atoms with E-state index in [1.807, 2.05) is 17.5 Å². The summed E-state index contributed by atoms with van der Waals surface area (Å²) in [5.74, 6) is 0.0564. The van der Waals surface area contributed by atoms with E-state index in [0.717, 1.165) is 4.88 Å². The molecular formula is C8H10N2OS. The van der Waals surface area contributed by atoms with Crippen molar-refractivity contribution < 1.29 is 4.79 Å². The first-order valence-corrected chi connectivity index (χ1v) is 4.73. The van der Waals surface area contributed by atoms with Gasteiger partial charge in [0.2, 0.25) is 5.91 Å². The van der Waals surface area contributed by atoms with Crippen LogP contribution >= 0.6 is 11.3 Å². The molecule has 12 heavy (non-hydrogen) atoms. The number of rotatable bonds is 1. The molecule has 0 aliphatic carbocycles. The van der Waals surface area contributed by atoms with Gasteiger partial charge in [-0.3, -0.25) is 4.79 Å². The number of carbonyl (C=O) groups is 1. The molecule has 0 saturated carbocycles. The van der Waals surface area contributed by atoms with Crippen molar-refractivity contribution in [3.05, 3.63) is 22.4 Å². The lowest BCUT2D eigenvalue weighted by Gasteiger charge is -2.11. The zero-order valence-electron chi connectivity index (χ0n) is 6.49. The molecule has 1 amide bonds. The molecule has 1 aromatic rings. The molecule has 2 heterocycles. The van der Waals surface area contributed by atoms with Crippen LogP contribution in [0.2, 0.25) is 0 Å². The Morgan fingerprint density at radius 2 is 2.50 bits per heavy atom. The highest BCUT2D eigenvalue weighted by Crippen LogP contribution is 2.26. The molecule has 2 unspecified atom stereocenters. The molecule has 3 N–H and O–H groups in total. The maximum Gasteiger partial charge on any atom is 0.222 e. The first kappa shape index (κ1) is 7.76. The van der Waals surface area contributed by atoms with Crippen LogP contribution < -0.4 is 11.1 Å². The summed E-state index contributed by atoms with van der Waals surface area (Å²) in [5, 5.41) is 4.85. The smallest absolute Gasteiger partial charge is 0.222 e. The number of hydrogen-bond donors (Lipinski definition) is 2. The molecule has 2 atom stereocenters. The molecule has 0 radical (unpaired) electrons. The van der Waals surface area contributed by atoms with E-state index >= 15 is 0 Å². The highest BCUT2D eigenvalue weighted by Gasteiger charge is 2.30. The van der Waals surface area contributed by atoms with Crippen LogP contribution in [0.5, 0.6) is 0 Å². The van der Waals surface area contributed by atoms with Gasteiger partial charge in [-0.25, -0.2) is 0 Å². The second-order valence-corrected chi connectivity index (χ2v) is 3.91. The Hall–Kier alpha value is -0.870. The fraction of sp³-hybridized carbons (Fsp3) is 0.375. The van der Waals surface area contributed by atoms with E-state index < -0.39 is 0 Å². The van der Waals surface area contributed by atoms with Gasteiger partial charge >= 0.3 is 0 Å². The van der Waals surface area contributed by atoms with Crippen LogP contribution in [0.1, 0.15) is 17.3 Å². The Labute approximate surface area is 74.6 Å². The largest absolute Gasteiger partial charge is 0.347 e. The fourth-order valence-corrected chi connectivity index (χ4v) is 2.27. The summed E-state index contributed by atoms with van der Waals surface area (Å²) in [5.41, 5.74) is 5.78. The lowest BCUT2D eigenvalue weighted by molar-refractivity contribution is -0.119. The molecule has 0 aromatic carbocycles. The molecular weight excluding hydrogens is 172 g/mol. The minimum Gasteiger partial charge on any atom is -0.347 e. The van der Waals surface area contributed by atoms with Crippen LogP contribution in [0.25, 0.3) is 0 Å². The molecule has 3 nitrogen and oxygen atoms in total. The van der Waals surface area contributed by atoms with Gasteiger partial charge in [-0.1, -0.05) is 6.07 Å². The van der Waals surface area contributed by atoms with Crippen LogP contribution in [-0.4, -0.2) is 11.9 Å². The molecule has 0 bridgehead atoms. The van der Waals surface area contributed by atoms with Crippen LogP contribution in [0.3, 0.4) is 0 Å². The van der Waals surface area contributed by atoms with Crippen molar-refractivity contribution in [2.24, 2.45) is 5.73 Å². The Morgan fingerprint density at radius 3 is 3.00 bits per heavy atom. The molecule has 4 heteroatoms. The van der Waals surface area contributed by atoms with E-state index in [1.54, 1.807) is 11.3 Å². The van der Waals surface area contributed by atoms with E-state index in [2.05, 4.69) is 5.32 Å². The number of carbonyl (C=O) groups excluding carboxylic acids is 1. The molecule has 1 saturated heterocycles. The van der Waals surface area contributed by atoms with Gasteiger partial charge in [0.05, 0.1) is 6.04 Å². The van der Waals surface area contributed by atoms with Gasteiger partial charge in [-0.15, -0.1) is 11.3 Å². The highest BCUT2D eigenvalue weighted by atomic mass is 32.1. The Bertz CT molecular complexity index is 283. The summed E-state index contributed by atoms with van der Waals surface area (Å²) in [6.45, 7) is 0. The van der Waals surface area contributed by atoms with Crippen molar-refractivity contribution in [1.29, 1.82) is 0 Å². The van der Waals surface area contributed by atoms with E-state index in [1.165, 1.54) is 0 Å². The van der Waals surface area contributed by atoms with Gasteiger partial charge in [-0.05, 0) is 11.4 Å². The van der Waals surface area contributed by atoms with Gasteiger partial charge in [0, 0.05) is 17.3 Å². The summed E-state index contributed by atoms with van der Waals surface area (Å²) in [7, 11) is 0. The second-order valence-electron chi connectivity index (χ2n) is 2.93. The SMILES string of the molecule is NC1CC(=O)NC1c1cccs1. The lowest BCUT2D eigenvalue weighted by atomic mass is 10.1. The van der Waals surface area contributed by atoms with E-state index in [-0.39, 0.29) is 18.0 Å². The second kappa shape index (κ2) is 2.88. The number of amides is 1. The predicted octanol–water partition coefficient (Wildman–Crippen LogP) is 0.636. The molecule has 1 fully saturated rings. The van der Waals surface area contributed by atoms with Crippen molar-refractivity contribution in [3.63, 3.8) is 0 Å². The monoisotopic (exact) mass is 182 g/mol. The van der Waals surface area contributed by atoms with Crippen molar-refractivity contribution in [1.82, 2.24) is 5.32 Å². The standard InChI is InChI=1S/C8H10N2OS/c9-5-4-7(11)10-8(5)6-2-1-3-12-6/h1-3,5,8H,4,9H2,(H,10,11). The quantitative estimate of drug-likeness (QED) is 0.669. The summed E-state index contributed by atoms with van der Waals surface area (Å²) >= 11 is 1.63. The molecule has 1 aromatic heterocycles. The van der Waals surface area contributed by atoms with Gasteiger partial charge in [0.1, 0.15) is 0 Å². The third kappa shape index (κ3) is 1.23. The lowest BCUT2D eigenvalue weighted by Crippen LogP contribution is -2.27. The topological polar surface area (TPSA) is 55.1 Å². The van der Waals surface area contributed by atoms with Crippen LogP contribution in [0, 0.1) is 0 Å². The zero-order chi connectivity index (χ0) is 8.55. The summed E-state index contributed by atoms with van der Waals surface area (Å²) in [6, 6.07) is 3.95. The van der Waals surface area contributed by atoms with Gasteiger partial charge in [0.25, 0.3) is 0 Å². The Kier molecular flexibility index (Phi) is 1.86. The number of nitrogens with one attached hydrogen (secondary N) is 1. The highest BCUT2D eigenvalue weighted by molar-refractivity contribution is 7.10. The number of thiophene rings is 1.